The van der Waals surface area contributed by atoms with Crippen LogP contribution in [0, 0.1) is 0 Å². The van der Waals surface area contributed by atoms with Crippen molar-refractivity contribution >= 4 is 0 Å². The second kappa shape index (κ2) is 8.00. The van der Waals surface area contributed by atoms with Crippen molar-refractivity contribution in [2.45, 2.75) is 43.2 Å². The molecule has 0 aromatic rings. The number of hydrogen-bond donors (Lipinski definition) is 6. The van der Waals surface area contributed by atoms with Gasteiger partial charge in [0.1, 0.15) is 12.2 Å². The minimum absolute atomic E-state index is 0.345. The molecule has 0 spiro atoms. The molecule has 0 aliphatic heterocycles. The summed E-state index contributed by atoms with van der Waals surface area (Å²) in [6, 6.07) is -0.833. The summed E-state index contributed by atoms with van der Waals surface area (Å²) in [5, 5.41) is 22.7. The van der Waals surface area contributed by atoms with Crippen LogP contribution in [0.4, 0.5) is 0 Å². The van der Waals surface area contributed by atoms with E-state index in [4.69, 9.17) is 21.9 Å². The van der Waals surface area contributed by atoms with Gasteiger partial charge in [-0.1, -0.05) is 0 Å². The van der Waals surface area contributed by atoms with E-state index in [2.05, 4.69) is 5.32 Å². The van der Waals surface area contributed by atoms with E-state index in [9.17, 15) is 10.2 Å². The monoisotopic (exact) mass is 262 g/mol. The second-order valence-corrected chi connectivity index (χ2v) is 4.77. The van der Waals surface area contributed by atoms with E-state index in [0.717, 1.165) is 13.0 Å². The Morgan fingerprint density at radius 1 is 1.11 bits per heavy atom. The van der Waals surface area contributed by atoms with Gasteiger partial charge in [0.15, 0.2) is 0 Å². The summed E-state index contributed by atoms with van der Waals surface area (Å²) in [7, 11) is 0. The van der Waals surface area contributed by atoms with E-state index in [1.165, 1.54) is 0 Å². The Labute approximate surface area is 108 Å². The molecule has 108 valence electrons. The zero-order valence-electron chi connectivity index (χ0n) is 10.7. The molecule has 0 aromatic heterocycles. The van der Waals surface area contributed by atoms with Gasteiger partial charge in [-0.15, -0.1) is 0 Å². The first-order valence-electron chi connectivity index (χ1n) is 6.47. The molecule has 9 N–H and O–H groups in total. The Balaban J connectivity index is 2.23. The number of aliphatic hydroxyl groups excluding tert-OH is 2. The SMILES string of the molecule is NCCCNCCOC1[C@H](N)CC(N)[C@@H](O)[C@@H]1O. The average molecular weight is 262 g/mol. The molecule has 1 rings (SSSR count). The molecule has 1 aliphatic carbocycles. The van der Waals surface area contributed by atoms with E-state index in [1.54, 1.807) is 0 Å². The van der Waals surface area contributed by atoms with Crippen LogP contribution in [0.2, 0.25) is 0 Å². The van der Waals surface area contributed by atoms with Crippen molar-refractivity contribution in [2.24, 2.45) is 17.2 Å². The Bertz CT molecular complexity index is 232. The number of ether oxygens (including phenoxy) is 1. The van der Waals surface area contributed by atoms with Crippen LogP contribution in [-0.2, 0) is 4.74 Å². The summed E-state index contributed by atoms with van der Waals surface area (Å²) in [5.41, 5.74) is 16.9. The minimum atomic E-state index is -1.02. The van der Waals surface area contributed by atoms with E-state index in [-0.39, 0.29) is 6.04 Å². The zero-order chi connectivity index (χ0) is 13.5. The predicted octanol–water partition coefficient (Wildman–Crippen LogP) is -2.91. The van der Waals surface area contributed by atoms with Crippen molar-refractivity contribution < 1.29 is 14.9 Å². The van der Waals surface area contributed by atoms with Crippen molar-refractivity contribution in [3.63, 3.8) is 0 Å². The number of aliphatic hydroxyl groups is 2. The smallest absolute Gasteiger partial charge is 0.109 e. The summed E-state index contributed by atoms with van der Waals surface area (Å²) < 4.78 is 5.52. The van der Waals surface area contributed by atoms with Gasteiger partial charge >= 0.3 is 0 Å². The first kappa shape index (κ1) is 15.8. The van der Waals surface area contributed by atoms with Gasteiger partial charge in [0.2, 0.25) is 0 Å². The Morgan fingerprint density at radius 3 is 2.50 bits per heavy atom. The number of rotatable bonds is 7. The molecule has 0 bridgehead atoms. The topological polar surface area (TPSA) is 140 Å². The van der Waals surface area contributed by atoms with Crippen molar-refractivity contribution in [3.05, 3.63) is 0 Å². The quantitative estimate of drug-likeness (QED) is 0.270. The van der Waals surface area contributed by atoms with E-state index < -0.39 is 24.4 Å². The van der Waals surface area contributed by atoms with Gasteiger partial charge in [-0.2, -0.15) is 0 Å². The second-order valence-electron chi connectivity index (χ2n) is 4.77. The lowest BCUT2D eigenvalue weighted by Crippen LogP contribution is -2.62. The molecule has 0 heterocycles. The lowest BCUT2D eigenvalue weighted by molar-refractivity contribution is -0.126. The fraction of sp³-hybridized carbons (Fsp3) is 1.00. The van der Waals surface area contributed by atoms with E-state index in [1.807, 2.05) is 0 Å². The molecule has 1 saturated carbocycles. The summed E-state index contributed by atoms with van der Waals surface area (Å²) in [6.07, 6.45) is -1.19. The Hall–Kier alpha value is -0.280. The highest BCUT2D eigenvalue weighted by Crippen LogP contribution is 2.20. The third-order valence-corrected chi connectivity index (χ3v) is 3.24. The highest BCUT2D eigenvalue weighted by molar-refractivity contribution is 4.97. The van der Waals surface area contributed by atoms with Crippen molar-refractivity contribution in [3.8, 4) is 0 Å². The molecule has 1 aliphatic rings. The molecule has 18 heavy (non-hydrogen) atoms. The van der Waals surface area contributed by atoms with E-state index in [0.29, 0.717) is 26.1 Å². The van der Waals surface area contributed by atoms with Gasteiger partial charge < -0.3 is 37.5 Å². The van der Waals surface area contributed by atoms with Gasteiger partial charge in [0.05, 0.1) is 12.7 Å². The average Bonchev–Trinajstić information content (AvgIpc) is 2.34. The summed E-state index contributed by atoms with van der Waals surface area (Å²) in [6.45, 7) is 2.59. The van der Waals surface area contributed by atoms with Crippen LogP contribution in [0.3, 0.4) is 0 Å². The molecule has 7 heteroatoms. The molecular formula is C11H26N4O3. The first-order chi connectivity index (χ1) is 8.57. The van der Waals surface area contributed by atoms with Crippen LogP contribution in [0.1, 0.15) is 12.8 Å². The maximum Gasteiger partial charge on any atom is 0.109 e. The van der Waals surface area contributed by atoms with Crippen LogP contribution in [0.15, 0.2) is 0 Å². The lowest BCUT2D eigenvalue weighted by Gasteiger charge is -2.39. The Kier molecular flexibility index (Phi) is 7.02. The van der Waals surface area contributed by atoms with Crippen molar-refractivity contribution in [1.29, 1.82) is 0 Å². The van der Waals surface area contributed by atoms with Crippen molar-refractivity contribution in [1.82, 2.24) is 5.32 Å². The van der Waals surface area contributed by atoms with Crippen LogP contribution in [0.25, 0.3) is 0 Å². The first-order valence-corrected chi connectivity index (χ1v) is 6.47. The van der Waals surface area contributed by atoms with E-state index >= 15 is 0 Å². The fourth-order valence-electron chi connectivity index (χ4n) is 2.13. The number of hydrogen-bond acceptors (Lipinski definition) is 7. The fourth-order valence-corrected chi connectivity index (χ4v) is 2.13. The van der Waals surface area contributed by atoms with Gasteiger partial charge in [-0.05, 0) is 25.9 Å². The molecule has 5 atom stereocenters. The normalized spacial score (nSPS) is 36.8. The highest BCUT2D eigenvalue weighted by Gasteiger charge is 2.41. The van der Waals surface area contributed by atoms with Gasteiger partial charge in [-0.3, -0.25) is 0 Å². The van der Waals surface area contributed by atoms with Crippen LogP contribution in [0.5, 0.6) is 0 Å². The lowest BCUT2D eigenvalue weighted by atomic mass is 9.85. The van der Waals surface area contributed by atoms with Gasteiger partial charge in [0, 0.05) is 18.6 Å². The number of nitrogens with two attached hydrogens (primary N) is 3. The third-order valence-electron chi connectivity index (χ3n) is 3.24. The van der Waals surface area contributed by atoms with Crippen LogP contribution >= 0.6 is 0 Å². The summed E-state index contributed by atoms with van der Waals surface area (Å²) in [4.78, 5) is 0. The highest BCUT2D eigenvalue weighted by atomic mass is 16.5. The molecule has 7 nitrogen and oxygen atoms in total. The molecule has 0 saturated heterocycles. The summed E-state index contributed by atoms with van der Waals surface area (Å²) >= 11 is 0. The minimum Gasteiger partial charge on any atom is -0.389 e. The maximum absolute atomic E-state index is 9.85. The predicted molar refractivity (Wildman–Crippen MR) is 68.9 cm³/mol. The molecular weight excluding hydrogens is 236 g/mol. The van der Waals surface area contributed by atoms with Gasteiger partial charge in [0.25, 0.3) is 0 Å². The zero-order valence-corrected chi connectivity index (χ0v) is 10.7. The van der Waals surface area contributed by atoms with Crippen LogP contribution < -0.4 is 22.5 Å². The van der Waals surface area contributed by atoms with Crippen molar-refractivity contribution in [2.75, 3.05) is 26.2 Å². The van der Waals surface area contributed by atoms with Gasteiger partial charge in [-0.25, -0.2) is 0 Å². The maximum atomic E-state index is 9.85. The number of nitrogens with one attached hydrogen (secondary N) is 1. The van der Waals surface area contributed by atoms with Crippen LogP contribution in [-0.4, -0.2) is 66.8 Å². The molecule has 0 amide bonds. The molecule has 0 radical (unpaired) electrons. The largest absolute Gasteiger partial charge is 0.389 e. The Morgan fingerprint density at radius 2 is 1.83 bits per heavy atom. The molecule has 1 fully saturated rings. The third kappa shape index (κ3) is 4.43. The molecule has 0 aromatic carbocycles. The molecule has 2 unspecified atom stereocenters. The summed E-state index contributed by atoms with van der Waals surface area (Å²) in [5.74, 6) is 0. The standard InChI is InChI=1S/C11H26N4O3/c12-2-1-3-15-4-5-18-11-8(14)6-7(13)9(16)10(11)17/h7-11,15-17H,1-6,12-14H2/t7?,8-,9-,10+,11?/m1/s1.